The standard InChI is InChI=1S/C16H25FN2O2/c1-15(2,3)21-14(20)19-12-7-8-13(17)11(9-12)10-16(4,5)18-6/h7-9,18H,10H2,1-6H3,(H,19,20). The van der Waals surface area contributed by atoms with Crippen molar-refractivity contribution in [3.05, 3.63) is 29.6 Å². The summed E-state index contributed by atoms with van der Waals surface area (Å²) in [7, 11) is 1.83. The van der Waals surface area contributed by atoms with E-state index in [0.717, 1.165) is 0 Å². The maximum Gasteiger partial charge on any atom is 0.412 e. The molecule has 0 aliphatic heterocycles. The average molecular weight is 296 g/mol. The number of benzene rings is 1. The van der Waals surface area contributed by atoms with Gasteiger partial charge in [-0.05, 0) is 71.8 Å². The summed E-state index contributed by atoms with van der Waals surface area (Å²) in [5.74, 6) is -0.284. The van der Waals surface area contributed by atoms with Gasteiger partial charge in [0.05, 0.1) is 0 Å². The smallest absolute Gasteiger partial charge is 0.412 e. The summed E-state index contributed by atoms with van der Waals surface area (Å²) < 4.78 is 19.1. The molecule has 0 aromatic heterocycles. The van der Waals surface area contributed by atoms with Crippen LogP contribution in [0.1, 0.15) is 40.2 Å². The van der Waals surface area contributed by atoms with Gasteiger partial charge in [-0.2, -0.15) is 0 Å². The van der Waals surface area contributed by atoms with Crippen molar-refractivity contribution in [3.8, 4) is 0 Å². The Balaban J connectivity index is 2.85. The van der Waals surface area contributed by atoms with Crippen LogP contribution in [0, 0.1) is 5.82 Å². The number of nitrogens with one attached hydrogen (secondary N) is 2. The molecule has 0 unspecified atom stereocenters. The fourth-order valence-corrected chi connectivity index (χ4v) is 1.77. The van der Waals surface area contributed by atoms with Crippen molar-refractivity contribution >= 4 is 11.8 Å². The fraction of sp³-hybridized carbons (Fsp3) is 0.562. The number of halogens is 1. The zero-order valence-corrected chi connectivity index (χ0v) is 13.6. The lowest BCUT2D eigenvalue weighted by Gasteiger charge is -2.24. The third kappa shape index (κ3) is 6.12. The maximum atomic E-state index is 13.9. The van der Waals surface area contributed by atoms with Gasteiger partial charge in [-0.15, -0.1) is 0 Å². The van der Waals surface area contributed by atoms with E-state index < -0.39 is 11.7 Å². The predicted molar refractivity (Wildman–Crippen MR) is 83.1 cm³/mol. The summed E-state index contributed by atoms with van der Waals surface area (Å²) in [5, 5.41) is 5.75. The first kappa shape index (κ1) is 17.4. The first-order valence-corrected chi connectivity index (χ1v) is 7.00. The molecule has 0 bridgehead atoms. The van der Waals surface area contributed by atoms with Gasteiger partial charge >= 0.3 is 6.09 Å². The van der Waals surface area contributed by atoms with Gasteiger partial charge in [0.15, 0.2) is 0 Å². The van der Waals surface area contributed by atoms with Gasteiger partial charge < -0.3 is 10.1 Å². The fourth-order valence-electron chi connectivity index (χ4n) is 1.77. The molecule has 1 rings (SSSR count). The Bertz CT molecular complexity index is 507. The summed E-state index contributed by atoms with van der Waals surface area (Å²) in [6.07, 6.45) is -0.0351. The van der Waals surface area contributed by atoms with Crippen LogP contribution in [0.5, 0.6) is 0 Å². The highest BCUT2D eigenvalue weighted by molar-refractivity contribution is 5.84. The van der Waals surface area contributed by atoms with Crippen LogP contribution in [0.4, 0.5) is 14.9 Å². The molecule has 0 saturated heterocycles. The van der Waals surface area contributed by atoms with Gasteiger partial charge in [0.1, 0.15) is 11.4 Å². The van der Waals surface area contributed by atoms with E-state index in [4.69, 9.17) is 4.74 Å². The Morgan fingerprint density at radius 1 is 1.24 bits per heavy atom. The van der Waals surface area contributed by atoms with E-state index in [2.05, 4.69) is 10.6 Å². The molecule has 0 heterocycles. The number of carbonyl (C=O) groups is 1. The first-order chi connectivity index (χ1) is 9.52. The highest BCUT2D eigenvalue weighted by atomic mass is 19.1. The molecule has 1 amide bonds. The number of hydrogen-bond acceptors (Lipinski definition) is 3. The van der Waals surface area contributed by atoms with Gasteiger partial charge in [0.2, 0.25) is 0 Å². The zero-order chi connectivity index (χ0) is 16.3. The van der Waals surface area contributed by atoms with E-state index in [0.29, 0.717) is 17.7 Å². The summed E-state index contributed by atoms with van der Waals surface area (Å²) in [6, 6.07) is 4.52. The maximum absolute atomic E-state index is 13.9. The molecular weight excluding hydrogens is 271 g/mol. The first-order valence-electron chi connectivity index (χ1n) is 7.00. The average Bonchev–Trinajstić information content (AvgIpc) is 2.30. The summed E-state index contributed by atoms with van der Waals surface area (Å²) in [6.45, 7) is 9.34. The molecular formula is C16H25FN2O2. The lowest BCUT2D eigenvalue weighted by Crippen LogP contribution is -2.38. The number of rotatable bonds is 4. The number of amides is 1. The molecule has 0 aliphatic rings. The quantitative estimate of drug-likeness (QED) is 0.890. The van der Waals surface area contributed by atoms with Crippen LogP contribution in [-0.2, 0) is 11.2 Å². The minimum atomic E-state index is -0.568. The molecule has 1 aromatic carbocycles. The topological polar surface area (TPSA) is 50.4 Å². The second-order valence-electron chi connectivity index (χ2n) is 6.74. The van der Waals surface area contributed by atoms with Gasteiger partial charge in [0.25, 0.3) is 0 Å². The van der Waals surface area contributed by atoms with Crippen molar-refractivity contribution in [1.82, 2.24) is 5.32 Å². The van der Waals surface area contributed by atoms with E-state index in [1.807, 2.05) is 20.9 Å². The highest BCUT2D eigenvalue weighted by Gasteiger charge is 2.19. The minimum Gasteiger partial charge on any atom is -0.444 e. The van der Waals surface area contributed by atoms with Gasteiger partial charge in [-0.25, -0.2) is 9.18 Å². The Morgan fingerprint density at radius 3 is 2.38 bits per heavy atom. The van der Waals surface area contributed by atoms with Crippen molar-refractivity contribution in [1.29, 1.82) is 0 Å². The SMILES string of the molecule is CNC(C)(C)Cc1cc(NC(=O)OC(C)(C)C)ccc1F. The molecule has 4 nitrogen and oxygen atoms in total. The molecule has 0 atom stereocenters. The Morgan fingerprint density at radius 2 is 1.86 bits per heavy atom. The molecule has 5 heteroatoms. The second-order valence-corrected chi connectivity index (χ2v) is 6.74. The van der Waals surface area contributed by atoms with Crippen molar-refractivity contribution in [3.63, 3.8) is 0 Å². The van der Waals surface area contributed by atoms with E-state index in [1.54, 1.807) is 26.8 Å². The van der Waals surface area contributed by atoms with Crippen LogP contribution in [-0.4, -0.2) is 24.3 Å². The van der Waals surface area contributed by atoms with Gasteiger partial charge in [-0.1, -0.05) is 0 Å². The summed E-state index contributed by atoms with van der Waals surface area (Å²) in [5.41, 5.74) is 0.266. The van der Waals surface area contributed by atoms with Gasteiger partial charge in [-0.3, -0.25) is 5.32 Å². The molecule has 0 saturated carbocycles. The number of anilines is 1. The molecule has 0 radical (unpaired) electrons. The van der Waals surface area contributed by atoms with Gasteiger partial charge in [0, 0.05) is 11.2 Å². The predicted octanol–water partition coefficient (Wildman–Crippen LogP) is 3.71. The molecule has 0 spiro atoms. The number of likely N-dealkylation sites (N-methyl/N-ethyl adjacent to an activating group) is 1. The lowest BCUT2D eigenvalue weighted by molar-refractivity contribution is 0.0636. The summed E-state index contributed by atoms with van der Waals surface area (Å²) >= 11 is 0. The molecule has 1 aromatic rings. The normalized spacial score (nSPS) is 12.1. The van der Waals surface area contributed by atoms with Crippen molar-refractivity contribution in [2.75, 3.05) is 12.4 Å². The molecule has 21 heavy (non-hydrogen) atoms. The van der Waals surface area contributed by atoms with Crippen LogP contribution >= 0.6 is 0 Å². The third-order valence-electron chi connectivity index (χ3n) is 3.00. The van der Waals surface area contributed by atoms with E-state index >= 15 is 0 Å². The van der Waals surface area contributed by atoms with E-state index in [1.165, 1.54) is 12.1 Å². The van der Waals surface area contributed by atoms with Crippen molar-refractivity contribution in [2.24, 2.45) is 0 Å². The van der Waals surface area contributed by atoms with Crippen molar-refractivity contribution < 1.29 is 13.9 Å². The number of hydrogen-bond donors (Lipinski definition) is 2. The van der Waals surface area contributed by atoms with E-state index in [9.17, 15) is 9.18 Å². The minimum absolute atomic E-state index is 0.231. The number of carbonyl (C=O) groups excluding carboxylic acids is 1. The Labute approximate surface area is 126 Å². The third-order valence-corrected chi connectivity index (χ3v) is 3.00. The van der Waals surface area contributed by atoms with Crippen LogP contribution in [0.25, 0.3) is 0 Å². The second kappa shape index (κ2) is 6.43. The highest BCUT2D eigenvalue weighted by Crippen LogP contribution is 2.20. The zero-order valence-electron chi connectivity index (χ0n) is 13.6. The molecule has 0 fully saturated rings. The molecule has 118 valence electrons. The summed E-state index contributed by atoms with van der Waals surface area (Å²) in [4.78, 5) is 11.7. The molecule has 0 aliphatic carbocycles. The molecule has 2 N–H and O–H groups in total. The largest absolute Gasteiger partial charge is 0.444 e. The van der Waals surface area contributed by atoms with Crippen LogP contribution in [0.3, 0.4) is 0 Å². The number of ether oxygens (including phenoxy) is 1. The Hall–Kier alpha value is -1.62. The Kier molecular flexibility index (Phi) is 5.34. The van der Waals surface area contributed by atoms with E-state index in [-0.39, 0.29) is 11.4 Å². The van der Waals surface area contributed by atoms with Crippen LogP contribution in [0.2, 0.25) is 0 Å². The van der Waals surface area contributed by atoms with Crippen LogP contribution < -0.4 is 10.6 Å². The van der Waals surface area contributed by atoms with Crippen molar-refractivity contribution in [2.45, 2.75) is 52.2 Å². The van der Waals surface area contributed by atoms with Crippen LogP contribution in [0.15, 0.2) is 18.2 Å². The monoisotopic (exact) mass is 296 g/mol. The lowest BCUT2D eigenvalue weighted by atomic mass is 9.94.